The molecular weight excluding hydrogens is 386 g/mol. The molecule has 3 nitrogen and oxygen atoms in total. The van der Waals surface area contributed by atoms with E-state index in [-0.39, 0.29) is 5.92 Å². The van der Waals surface area contributed by atoms with Crippen LogP contribution in [0.3, 0.4) is 0 Å². The van der Waals surface area contributed by atoms with Gasteiger partial charge in [0.05, 0.1) is 11.4 Å². The average Bonchev–Trinajstić information content (AvgIpc) is 3.36. The maximum Gasteiger partial charge on any atom is 0.0589 e. The van der Waals surface area contributed by atoms with E-state index in [1.165, 1.54) is 64.2 Å². The number of aryl methyl sites for hydroxylation is 1. The number of rotatable bonds is 7. The summed E-state index contributed by atoms with van der Waals surface area (Å²) in [5.41, 5.74) is 8.94. The quantitative estimate of drug-likeness (QED) is 0.479. The molecule has 0 amide bonds. The van der Waals surface area contributed by atoms with Crippen molar-refractivity contribution in [3.05, 3.63) is 82.2 Å². The summed E-state index contributed by atoms with van der Waals surface area (Å²) < 4.78 is 4.72. The topological polar surface area (TPSA) is 28.5 Å². The molecule has 0 aromatic carbocycles. The van der Waals surface area contributed by atoms with Crippen molar-refractivity contribution in [2.75, 3.05) is 13.6 Å². The molecule has 0 fully saturated rings. The predicted octanol–water partition coefficient (Wildman–Crippen LogP) is 6.42. The lowest BCUT2D eigenvalue weighted by Crippen LogP contribution is -2.19. The highest BCUT2D eigenvalue weighted by Crippen LogP contribution is 2.38. The van der Waals surface area contributed by atoms with Crippen LogP contribution in [0.5, 0.6) is 0 Å². The highest BCUT2D eigenvalue weighted by atomic mass is 32.1. The SMILES string of the molecule is C=C/C(=C\N(C)CC)C1=CN=C2C(Cc3snc(C)c3C3=CCCCC3)=CC=CC12. The minimum atomic E-state index is 0.214. The van der Waals surface area contributed by atoms with Crippen molar-refractivity contribution >= 4 is 22.8 Å². The van der Waals surface area contributed by atoms with E-state index < -0.39 is 0 Å². The fourth-order valence-electron chi connectivity index (χ4n) is 4.46. The Morgan fingerprint density at radius 1 is 1.37 bits per heavy atom. The summed E-state index contributed by atoms with van der Waals surface area (Å²) in [7, 11) is 2.09. The van der Waals surface area contributed by atoms with Crippen LogP contribution in [0, 0.1) is 12.8 Å². The first kappa shape index (κ1) is 20.8. The molecule has 0 saturated heterocycles. The highest BCUT2D eigenvalue weighted by Gasteiger charge is 2.29. The van der Waals surface area contributed by atoms with Gasteiger partial charge in [-0.05, 0) is 73.4 Å². The third kappa shape index (κ3) is 4.06. The first-order valence-corrected chi connectivity index (χ1v) is 11.7. The van der Waals surface area contributed by atoms with Gasteiger partial charge in [0.2, 0.25) is 0 Å². The van der Waals surface area contributed by atoms with E-state index in [9.17, 15) is 0 Å². The summed E-state index contributed by atoms with van der Waals surface area (Å²) in [4.78, 5) is 8.43. The number of hydrogen-bond donors (Lipinski definition) is 0. The van der Waals surface area contributed by atoms with Gasteiger partial charge < -0.3 is 4.90 Å². The van der Waals surface area contributed by atoms with Crippen LogP contribution in [0.1, 0.15) is 48.7 Å². The lowest BCUT2D eigenvalue weighted by atomic mass is 9.83. The predicted molar refractivity (Wildman–Crippen MR) is 130 cm³/mol. The molecule has 1 aromatic rings. The molecule has 1 aliphatic heterocycles. The normalized spacial score (nSPS) is 20.9. The smallest absolute Gasteiger partial charge is 0.0589 e. The Labute approximate surface area is 184 Å². The Balaban J connectivity index is 1.57. The van der Waals surface area contributed by atoms with E-state index in [0.29, 0.717) is 0 Å². The van der Waals surface area contributed by atoms with E-state index >= 15 is 0 Å². The molecule has 4 heteroatoms. The van der Waals surface area contributed by atoms with Crippen molar-refractivity contribution in [2.24, 2.45) is 10.9 Å². The number of nitrogens with zero attached hydrogens (tertiary/aromatic N) is 3. The fourth-order valence-corrected chi connectivity index (χ4v) is 5.39. The third-order valence-corrected chi connectivity index (χ3v) is 7.14. The number of fused-ring (bicyclic) bond motifs is 1. The van der Waals surface area contributed by atoms with Crippen molar-refractivity contribution in [1.82, 2.24) is 9.27 Å². The molecule has 0 spiro atoms. The van der Waals surface area contributed by atoms with E-state index in [1.807, 2.05) is 12.3 Å². The highest BCUT2D eigenvalue weighted by molar-refractivity contribution is 7.06. The first-order chi connectivity index (χ1) is 14.6. The van der Waals surface area contributed by atoms with Gasteiger partial charge in [0.25, 0.3) is 0 Å². The van der Waals surface area contributed by atoms with Gasteiger partial charge >= 0.3 is 0 Å². The Kier molecular flexibility index (Phi) is 6.33. The van der Waals surface area contributed by atoms with Crippen LogP contribution in [0.25, 0.3) is 5.57 Å². The van der Waals surface area contributed by atoms with Crippen LogP contribution >= 0.6 is 11.5 Å². The largest absolute Gasteiger partial charge is 0.380 e. The van der Waals surface area contributed by atoms with Gasteiger partial charge in [0.15, 0.2) is 0 Å². The summed E-state index contributed by atoms with van der Waals surface area (Å²) in [6, 6.07) is 0. The number of aliphatic imine (C=N–C) groups is 1. The molecule has 3 aliphatic rings. The van der Waals surface area contributed by atoms with Crippen molar-refractivity contribution in [3.63, 3.8) is 0 Å². The first-order valence-electron chi connectivity index (χ1n) is 11.0. The van der Waals surface area contributed by atoms with Gasteiger partial charge in [-0.2, -0.15) is 4.37 Å². The Morgan fingerprint density at radius 3 is 2.97 bits per heavy atom. The molecule has 1 unspecified atom stereocenters. The average molecular weight is 418 g/mol. The van der Waals surface area contributed by atoms with Crippen LogP contribution in [-0.4, -0.2) is 28.6 Å². The third-order valence-electron chi connectivity index (χ3n) is 6.21. The standard InChI is InChI=1S/C26H31N3S/c1-5-19(17-29(4)6-2)23-16-27-26-21(13-10-14-22(23)26)15-24-25(18(3)28-30-24)20-11-8-7-9-12-20/h5,10-11,13-14,16-17,22H,1,6-9,12,15H2,2-4H3/b19-17+. The molecular formula is C26H31N3S. The number of hydrogen-bond acceptors (Lipinski definition) is 4. The van der Waals surface area contributed by atoms with Gasteiger partial charge in [-0.1, -0.05) is 37.0 Å². The maximum absolute atomic E-state index is 4.87. The molecule has 0 N–H and O–H groups in total. The number of allylic oxidation sites excluding steroid dienone is 9. The summed E-state index contributed by atoms with van der Waals surface area (Å²) in [6.07, 6.45) is 21.1. The molecule has 0 bridgehead atoms. The van der Waals surface area contributed by atoms with E-state index in [2.05, 4.69) is 62.9 Å². The summed E-state index contributed by atoms with van der Waals surface area (Å²) in [5.74, 6) is 0.214. The second-order valence-electron chi connectivity index (χ2n) is 8.23. The Bertz CT molecular complexity index is 1010. The molecule has 156 valence electrons. The minimum absolute atomic E-state index is 0.214. The zero-order valence-electron chi connectivity index (χ0n) is 18.3. The Morgan fingerprint density at radius 2 is 2.23 bits per heavy atom. The zero-order valence-corrected chi connectivity index (χ0v) is 19.1. The van der Waals surface area contributed by atoms with Gasteiger partial charge in [-0.3, -0.25) is 4.99 Å². The summed E-state index contributed by atoms with van der Waals surface area (Å²) in [5, 5.41) is 0. The monoisotopic (exact) mass is 417 g/mol. The second kappa shape index (κ2) is 9.13. The Hall–Kier alpha value is -2.46. The van der Waals surface area contributed by atoms with Crippen LogP contribution < -0.4 is 0 Å². The van der Waals surface area contributed by atoms with E-state index in [0.717, 1.165) is 18.5 Å². The zero-order chi connectivity index (χ0) is 21.1. The minimum Gasteiger partial charge on any atom is -0.380 e. The van der Waals surface area contributed by atoms with Crippen molar-refractivity contribution in [3.8, 4) is 0 Å². The lowest BCUT2D eigenvalue weighted by molar-refractivity contribution is 0.481. The molecule has 0 radical (unpaired) electrons. The summed E-state index contributed by atoms with van der Waals surface area (Å²) in [6.45, 7) is 9.32. The molecule has 4 rings (SSSR count). The molecule has 1 atom stereocenters. The van der Waals surface area contributed by atoms with E-state index in [4.69, 9.17) is 9.37 Å². The van der Waals surface area contributed by atoms with Crippen molar-refractivity contribution < 1.29 is 0 Å². The molecule has 2 heterocycles. The van der Waals surface area contributed by atoms with Gasteiger partial charge in [0.1, 0.15) is 0 Å². The van der Waals surface area contributed by atoms with Crippen LogP contribution in [0.2, 0.25) is 0 Å². The van der Waals surface area contributed by atoms with E-state index in [1.54, 1.807) is 11.5 Å². The van der Waals surface area contributed by atoms with Gasteiger partial charge in [0, 0.05) is 48.8 Å². The van der Waals surface area contributed by atoms with Gasteiger partial charge in [-0.15, -0.1) is 0 Å². The molecule has 30 heavy (non-hydrogen) atoms. The van der Waals surface area contributed by atoms with Crippen LogP contribution in [0.4, 0.5) is 0 Å². The molecule has 1 aromatic heterocycles. The van der Waals surface area contributed by atoms with Crippen molar-refractivity contribution in [1.29, 1.82) is 0 Å². The van der Waals surface area contributed by atoms with Gasteiger partial charge in [-0.25, -0.2) is 0 Å². The van der Waals surface area contributed by atoms with Crippen LogP contribution in [-0.2, 0) is 6.42 Å². The molecule has 2 aliphatic carbocycles. The van der Waals surface area contributed by atoms with Crippen LogP contribution in [0.15, 0.2) is 71.1 Å². The summed E-state index contributed by atoms with van der Waals surface area (Å²) >= 11 is 1.66. The van der Waals surface area contributed by atoms with Crippen molar-refractivity contribution in [2.45, 2.75) is 46.0 Å². The second-order valence-corrected chi connectivity index (χ2v) is 9.09. The lowest BCUT2D eigenvalue weighted by Gasteiger charge is -2.22. The fraction of sp³-hybridized carbons (Fsp3) is 0.385. The molecule has 0 saturated carbocycles. The maximum atomic E-state index is 4.87. The number of aromatic nitrogens is 1.